The van der Waals surface area contributed by atoms with Crippen LogP contribution in [0.3, 0.4) is 0 Å². The van der Waals surface area contributed by atoms with Crippen LogP contribution in [0, 0.1) is 19.7 Å². The number of halogens is 2. The lowest BCUT2D eigenvalue weighted by Gasteiger charge is -2.08. The van der Waals surface area contributed by atoms with E-state index in [4.69, 9.17) is 11.6 Å². The molecule has 4 aromatic rings. The van der Waals surface area contributed by atoms with Gasteiger partial charge < -0.3 is 0 Å². The normalized spacial score (nSPS) is 11.3. The Hall–Kier alpha value is -3.06. The third kappa shape index (κ3) is 3.00. The second-order valence-electron chi connectivity index (χ2n) is 6.32. The number of hydrogen-bond donors (Lipinski definition) is 0. The van der Waals surface area contributed by atoms with Crippen molar-refractivity contribution < 1.29 is 4.39 Å². The average Bonchev–Trinajstić information content (AvgIpc) is 3.07. The van der Waals surface area contributed by atoms with Gasteiger partial charge in [0.05, 0.1) is 12.2 Å². The fourth-order valence-corrected chi connectivity index (χ4v) is 3.06. The molecule has 27 heavy (non-hydrogen) atoms. The summed E-state index contributed by atoms with van der Waals surface area (Å²) in [6.45, 7) is 3.98. The highest BCUT2D eigenvalue weighted by atomic mass is 35.5. The summed E-state index contributed by atoms with van der Waals surface area (Å²) in [6.07, 6.45) is 1.36. The van der Waals surface area contributed by atoms with Crippen molar-refractivity contribution in [1.29, 1.82) is 0 Å². The molecule has 0 bridgehead atoms. The Balaban J connectivity index is 1.80. The molecular weight excluding hydrogens is 369 g/mol. The van der Waals surface area contributed by atoms with Gasteiger partial charge in [-0.15, -0.1) is 5.10 Å². The zero-order valence-electron chi connectivity index (χ0n) is 14.6. The van der Waals surface area contributed by atoms with E-state index in [0.29, 0.717) is 5.65 Å². The van der Waals surface area contributed by atoms with Crippen molar-refractivity contribution in [3.63, 3.8) is 0 Å². The Morgan fingerprint density at radius 2 is 1.96 bits per heavy atom. The van der Waals surface area contributed by atoms with Crippen LogP contribution in [-0.2, 0) is 6.54 Å². The molecule has 136 valence electrons. The van der Waals surface area contributed by atoms with Crippen molar-refractivity contribution in [3.05, 3.63) is 80.6 Å². The molecule has 0 spiro atoms. The van der Waals surface area contributed by atoms with Crippen molar-refractivity contribution in [2.45, 2.75) is 20.4 Å². The maximum atomic E-state index is 14.0. The van der Waals surface area contributed by atoms with Gasteiger partial charge in [0.2, 0.25) is 0 Å². The van der Waals surface area contributed by atoms with Crippen molar-refractivity contribution in [1.82, 2.24) is 24.5 Å². The first kappa shape index (κ1) is 17.4. The minimum atomic E-state index is -0.478. The van der Waals surface area contributed by atoms with Crippen LogP contribution in [0.25, 0.3) is 16.9 Å². The molecule has 2 aromatic carbocycles. The molecular formula is C19H15ClFN5O. The maximum absolute atomic E-state index is 14.0. The van der Waals surface area contributed by atoms with Gasteiger partial charge in [0.25, 0.3) is 5.56 Å². The molecule has 0 aliphatic heterocycles. The molecule has 2 heterocycles. The van der Waals surface area contributed by atoms with E-state index in [0.717, 1.165) is 16.8 Å². The Labute approximate surface area is 158 Å². The topological polar surface area (TPSA) is 65.6 Å². The fraction of sp³-hybridized carbons (Fsp3) is 0.158. The average molecular weight is 384 g/mol. The number of aromatic nitrogens is 5. The first-order chi connectivity index (χ1) is 13.0. The second-order valence-corrected chi connectivity index (χ2v) is 6.73. The quantitative estimate of drug-likeness (QED) is 0.543. The van der Waals surface area contributed by atoms with E-state index in [1.165, 1.54) is 27.7 Å². The van der Waals surface area contributed by atoms with Gasteiger partial charge in [0.1, 0.15) is 12.1 Å². The van der Waals surface area contributed by atoms with Crippen LogP contribution in [0.1, 0.15) is 16.7 Å². The Morgan fingerprint density at radius 1 is 1.15 bits per heavy atom. The minimum absolute atomic E-state index is 0.0379. The van der Waals surface area contributed by atoms with E-state index < -0.39 is 11.4 Å². The van der Waals surface area contributed by atoms with Gasteiger partial charge in [-0.05, 0) is 49.2 Å². The second kappa shape index (κ2) is 6.59. The summed E-state index contributed by atoms with van der Waals surface area (Å²) >= 11 is 6.05. The first-order valence-corrected chi connectivity index (χ1v) is 8.65. The summed E-state index contributed by atoms with van der Waals surface area (Å²) in [5.41, 5.74) is 3.29. The summed E-state index contributed by atoms with van der Waals surface area (Å²) in [4.78, 5) is 17.1. The van der Waals surface area contributed by atoms with Crippen molar-refractivity contribution in [3.8, 4) is 5.69 Å². The lowest BCUT2D eigenvalue weighted by atomic mass is 10.1. The number of aryl methyl sites for hydroxylation is 2. The third-order valence-electron chi connectivity index (χ3n) is 4.55. The number of hydrogen-bond acceptors (Lipinski definition) is 4. The lowest BCUT2D eigenvalue weighted by Crippen LogP contribution is -2.22. The van der Waals surface area contributed by atoms with Crippen molar-refractivity contribution in [2.24, 2.45) is 0 Å². The van der Waals surface area contributed by atoms with Crippen LogP contribution in [0.2, 0.25) is 5.02 Å². The van der Waals surface area contributed by atoms with E-state index in [2.05, 4.69) is 15.3 Å². The van der Waals surface area contributed by atoms with Crippen molar-refractivity contribution in [2.75, 3.05) is 0 Å². The maximum Gasteiger partial charge on any atom is 0.283 e. The molecule has 0 amide bonds. The monoisotopic (exact) mass is 383 g/mol. The molecule has 6 nitrogen and oxygen atoms in total. The standard InChI is InChI=1S/C19H15ClFN5O/c1-11-6-7-13(8-12(11)2)26-18-17(23-24-26)19(27)25(10-22-18)9-14-15(20)4-3-5-16(14)21/h3-8,10H,9H2,1-2H3. The Morgan fingerprint density at radius 3 is 2.70 bits per heavy atom. The molecule has 0 aliphatic carbocycles. The third-order valence-corrected chi connectivity index (χ3v) is 4.91. The Kier molecular flexibility index (Phi) is 4.24. The molecule has 0 fully saturated rings. The van der Waals surface area contributed by atoms with E-state index >= 15 is 0 Å². The molecule has 2 aromatic heterocycles. The molecule has 4 rings (SSSR count). The highest BCUT2D eigenvalue weighted by molar-refractivity contribution is 6.31. The molecule has 8 heteroatoms. The van der Waals surface area contributed by atoms with Gasteiger partial charge in [-0.2, -0.15) is 4.68 Å². The lowest BCUT2D eigenvalue weighted by molar-refractivity contribution is 0.595. The molecule has 0 aliphatic rings. The fourth-order valence-electron chi connectivity index (χ4n) is 2.84. The van der Waals surface area contributed by atoms with Crippen LogP contribution in [-0.4, -0.2) is 24.5 Å². The first-order valence-electron chi connectivity index (χ1n) is 8.27. The highest BCUT2D eigenvalue weighted by Crippen LogP contribution is 2.20. The van der Waals surface area contributed by atoms with Gasteiger partial charge in [-0.3, -0.25) is 9.36 Å². The predicted octanol–water partition coefficient (Wildman–Crippen LogP) is 3.43. The number of fused-ring (bicyclic) bond motifs is 1. The molecule has 0 unspecified atom stereocenters. The van der Waals surface area contributed by atoms with Crippen LogP contribution < -0.4 is 5.56 Å². The summed E-state index contributed by atoms with van der Waals surface area (Å²) in [7, 11) is 0. The number of nitrogens with zero attached hydrogens (tertiary/aromatic N) is 5. The number of rotatable bonds is 3. The van der Waals surface area contributed by atoms with Gasteiger partial charge in [0.15, 0.2) is 11.2 Å². The van der Waals surface area contributed by atoms with E-state index in [-0.39, 0.29) is 22.6 Å². The molecule has 0 atom stereocenters. The largest absolute Gasteiger partial charge is 0.293 e. The van der Waals surface area contributed by atoms with E-state index in [1.807, 2.05) is 32.0 Å². The van der Waals surface area contributed by atoms with E-state index in [9.17, 15) is 9.18 Å². The zero-order chi connectivity index (χ0) is 19.1. The molecule has 0 radical (unpaired) electrons. The number of benzene rings is 2. The summed E-state index contributed by atoms with van der Waals surface area (Å²) < 4.78 is 16.8. The van der Waals surface area contributed by atoms with Gasteiger partial charge >= 0.3 is 0 Å². The Bertz CT molecular complexity index is 1210. The van der Waals surface area contributed by atoms with Crippen LogP contribution in [0.15, 0.2) is 47.5 Å². The molecule has 0 saturated carbocycles. The van der Waals surface area contributed by atoms with Gasteiger partial charge in [0, 0.05) is 10.6 Å². The minimum Gasteiger partial charge on any atom is -0.293 e. The summed E-state index contributed by atoms with van der Waals surface area (Å²) in [6, 6.07) is 10.2. The van der Waals surface area contributed by atoms with Gasteiger partial charge in [-0.1, -0.05) is 28.9 Å². The summed E-state index contributed by atoms with van der Waals surface area (Å²) in [5, 5.41) is 8.31. The smallest absolute Gasteiger partial charge is 0.283 e. The molecule has 0 saturated heterocycles. The zero-order valence-corrected chi connectivity index (χ0v) is 15.4. The van der Waals surface area contributed by atoms with Gasteiger partial charge in [-0.25, -0.2) is 9.37 Å². The highest BCUT2D eigenvalue weighted by Gasteiger charge is 2.15. The summed E-state index contributed by atoms with van der Waals surface area (Å²) in [5.74, 6) is -0.478. The SMILES string of the molecule is Cc1ccc(-n2nnc3c(=O)n(Cc4c(F)cccc4Cl)cnc32)cc1C. The van der Waals surface area contributed by atoms with Crippen LogP contribution >= 0.6 is 11.6 Å². The van der Waals surface area contributed by atoms with Crippen LogP contribution in [0.5, 0.6) is 0 Å². The molecule has 0 N–H and O–H groups in total. The van der Waals surface area contributed by atoms with Crippen LogP contribution in [0.4, 0.5) is 4.39 Å². The van der Waals surface area contributed by atoms with E-state index in [1.54, 1.807) is 6.07 Å². The predicted molar refractivity (Wildman–Crippen MR) is 101 cm³/mol. The van der Waals surface area contributed by atoms with Crippen molar-refractivity contribution >= 4 is 22.8 Å².